The molecule has 0 saturated carbocycles. The highest BCUT2D eigenvalue weighted by Gasteiger charge is 2.23. The van der Waals surface area contributed by atoms with Crippen LogP contribution in [0.25, 0.3) is 21.5 Å². The van der Waals surface area contributed by atoms with Crippen molar-refractivity contribution in [3.05, 3.63) is 70.0 Å². The summed E-state index contributed by atoms with van der Waals surface area (Å²) in [6, 6.07) is 14.1. The summed E-state index contributed by atoms with van der Waals surface area (Å²) in [4.78, 5) is 27.9. The molecular formula is C19H14N4OS. The summed E-state index contributed by atoms with van der Waals surface area (Å²) < 4.78 is 0. The van der Waals surface area contributed by atoms with Gasteiger partial charge in [0.05, 0.1) is 5.39 Å². The van der Waals surface area contributed by atoms with Gasteiger partial charge in [-0.1, -0.05) is 24.3 Å². The fraction of sp³-hybridized carbons (Fsp3) is 0.105. The van der Waals surface area contributed by atoms with Gasteiger partial charge >= 0.3 is 0 Å². The molecule has 0 saturated heterocycles. The Morgan fingerprint density at radius 1 is 1.12 bits per heavy atom. The second-order valence-electron chi connectivity index (χ2n) is 5.95. The number of hydrogen-bond acceptors (Lipinski definition) is 5. The summed E-state index contributed by atoms with van der Waals surface area (Å²) in [5.74, 6) is 0.554. The summed E-state index contributed by atoms with van der Waals surface area (Å²) in [5, 5.41) is 2.54. The third-order valence-electron chi connectivity index (χ3n) is 4.52. The smallest absolute Gasteiger partial charge is 0.262 e. The monoisotopic (exact) mass is 346 g/mol. The molecule has 6 heteroatoms. The predicted octanol–water partition coefficient (Wildman–Crippen LogP) is 3.74. The first-order chi connectivity index (χ1) is 12.3. The Labute approximate surface area is 147 Å². The quantitative estimate of drug-likeness (QED) is 0.601. The SMILES string of the molecule is O=c1[nH]c(N2CCc3ccccc32)nc2nccc(-c3cccs3)c12. The highest BCUT2D eigenvalue weighted by atomic mass is 32.1. The van der Waals surface area contributed by atoms with Crippen LogP contribution in [-0.2, 0) is 6.42 Å². The summed E-state index contributed by atoms with van der Waals surface area (Å²) in [7, 11) is 0. The molecule has 0 amide bonds. The van der Waals surface area contributed by atoms with Gasteiger partial charge in [-0.25, -0.2) is 4.98 Å². The maximum absolute atomic E-state index is 12.8. The standard InChI is InChI=1S/C19H14N4OS/c24-18-16-13(15-6-3-11-25-15)7-9-20-17(16)21-19(22-18)23-10-8-12-4-1-2-5-14(12)23/h1-7,9,11H,8,10H2,(H,20,21,22,24). The molecule has 25 heavy (non-hydrogen) atoms. The molecule has 0 unspecified atom stereocenters. The predicted molar refractivity (Wildman–Crippen MR) is 101 cm³/mol. The van der Waals surface area contributed by atoms with Gasteiger partial charge in [0, 0.05) is 28.9 Å². The second kappa shape index (κ2) is 5.53. The highest BCUT2D eigenvalue weighted by molar-refractivity contribution is 7.13. The molecule has 1 N–H and O–H groups in total. The van der Waals surface area contributed by atoms with Gasteiger partial charge in [0.15, 0.2) is 5.65 Å². The Kier molecular flexibility index (Phi) is 3.18. The minimum Gasteiger partial charge on any atom is -0.311 e. The second-order valence-corrected chi connectivity index (χ2v) is 6.90. The lowest BCUT2D eigenvalue weighted by Crippen LogP contribution is -2.21. The van der Waals surface area contributed by atoms with Crippen molar-refractivity contribution < 1.29 is 0 Å². The first-order valence-corrected chi connectivity index (χ1v) is 8.97. The van der Waals surface area contributed by atoms with Crippen LogP contribution in [0.4, 0.5) is 11.6 Å². The molecular weight excluding hydrogens is 332 g/mol. The first kappa shape index (κ1) is 14.4. The maximum Gasteiger partial charge on any atom is 0.262 e. The van der Waals surface area contributed by atoms with Crippen molar-refractivity contribution in [2.45, 2.75) is 6.42 Å². The average molecular weight is 346 g/mol. The molecule has 1 aliphatic rings. The van der Waals surface area contributed by atoms with Crippen molar-refractivity contribution in [1.29, 1.82) is 0 Å². The number of para-hydroxylation sites is 1. The molecule has 122 valence electrons. The summed E-state index contributed by atoms with van der Waals surface area (Å²) in [6.45, 7) is 0.804. The van der Waals surface area contributed by atoms with Crippen LogP contribution in [0, 0.1) is 0 Å². The van der Waals surface area contributed by atoms with E-state index in [4.69, 9.17) is 0 Å². The lowest BCUT2D eigenvalue weighted by Gasteiger charge is -2.18. The molecule has 1 aliphatic heterocycles. The summed E-state index contributed by atoms with van der Waals surface area (Å²) in [5.41, 5.74) is 3.57. The fourth-order valence-corrected chi connectivity index (χ4v) is 4.13. The number of pyridine rings is 1. The zero-order valence-electron chi connectivity index (χ0n) is 13.3. The number of aromatic nitrogens is 3. The third kappa shape index (κ3) is 2.26. The van der Waals surface area contributed by atoms with Crippen molar-refractivity contribution in [1.82, 2.24) is 15.0 Å². The van der Waals surface area contributed by atoms with Gasteiger partial charge in [-0.15, -0.1) is 11.3 Å². The molecule has 0 aliphatic carbocycles. The van der Waals surface area contributed by atoms with E-state index in [0.717, 1.165) is 29.1 Å². The normalized spacial score (nSPS) is 13.4. The van der Waals surface area contributed by atoms with Gasteiger partial charge in [-0.3, -0.25) is 9.78 Å². The first-order valence-electron chi connectivity index (χ1n) is 8.09. The van der Waals surface area contributed by atoms with Gasteiger partial charge < -0.3 is 4.90 Å². The van der Waals surface area contributed by atoms with E-state index in [1.807, 2.05) is 35.7 Å². The van der Waals surface area contributed by atoms with Crippen LogP contribution in [0.3, 0.4) is 0 Å². The zero-order valence-corrected chi connectivity index (χ0v) is 14.1. The number of anilines is 2. The number of benzene rings is 1. The number of H-pyrrole nitrogens is 1. The molecule has 5 rings (SSSR count). The van der Waals surface area contributed by atoms with E-state index >= 15 is 0 Å². The van der Waals surface area contributed by atoms with Crippen molar-refractivity contribution in [3.63, 3.8) is 0 Å². The van der Waals surface area contributed by atoms with E-state index in [1.54, 1.807) is 17.5 Å². The number of hydrogen-bond donors (Lipinski definition) is 1. The number of fused-ring (bicyclic) bond motifs is 2. The Bertz CT molecular complexity index is 1130. The van der Waals surface area contributed by atoms with Crippen LogP contribution >= 0.6 is 11.3 Å². The molecule has 0 spiro atoms. The van der Waals surface area contributed by atoms with Crippen LogP contribution in [-0.4, -0.2) is 21.5 Å². The number of rotatable bonds is 2. The van der Waals surface area contributed by atoms with E-state index < -0.39 is 0 Å². The molecule has 1 aromatic carbocycles. The van der Waals surface area contributed by atoms with Gasteiger partial charge in [0.25, 0.3) is 5.56 Å². The fourth-order valence-electron chi connectivity index (χ4n) is 3.37. The number of nitrogens with one attached hydrogen (secondary N) is 1. The average Bonchev–Trinajstić information content (AvgIpc) is 3.31. The number of aromatic amines is 1. The van der Waals surface area contributed by atoms with E-state index in [9.17, 15) is 4.79 Å². The third-order valence-corrected chi connectivity index (χ3v) is 5.43. The molecule has 3 aromatic heterocycles. The van der Waals surface area contributed by atoms with Crippen LogP contribution in [0.1, 0.15) is 5.56 Å². The molecule has 0 bridgehead atoms. The van der Waals surface area contributed by atoms with E-state index in [0.29, 0.717) is 17.0 Å². The van der Waals surface area contributed by atoms with Gasteiger partial charge in [0.2, 0.25) is 5.95 Å². The zero-order chi connectivity index (χ0) is 16.8. The maximum atomic E-state index is 12.8. The van der Waals surface area contributed by atoms with Crippen LogP contribution in [0.15, 0.2) is 58.8 Å². The van der Waals surface area contributed by atoms with Crippen LogP contribution < -0.4 is 10.5 Å². The Balaban J connectivity index is 1.70. The molecule has 0 atom stereocenters. The Morgan fingerprint density at radius 3 is 2.92 bits per heavy atom. The van der Waals surface area contributed by atoms with Gasteiger partial charge in [0.1, 0.15) is 0 Å². The molecule has 4 aromatic rings. The van der Waals surface area contributed by atoms with Gasteiger partial charge in [-0.05, 0) is 35.6 Å². The molecule has 0 fully saturated rings. The molecule has 4 heterocycles. The minimum atomic E-state index is -0.152. The van der Waals surface area contributed by atoms with Gasteiger partial charge in [-0.2, -0.15) is 4.98 Å². The van der Waals surface area contributed by atoms with Crippen molar-refractivity contribution >= 4 is 34.0 Å². The Morgan fingerprint density at radius 2 is 2.04 bits per heavy atom. The van der Waals surface area contributed by atoms with Crippen LogP contribution in [0.2, 0.25) is 0 Å². The summed E-state index contributed by atoms with van der Waals surface area (Å²) in [6.07, 6.45) is 2.66. The Hall–Kier alpha value is -2.99. The van der Waals surface area contributed by atoms with E-state index in [2.05, 4.69) is 32.0 Å². The van der Waals surface area contributed by atoms with Crippen LogP contribution in [0.5, 0.6) is 0 Å². The molecule has 5 nitrogen and oxygen atoms in total. The van der Waals surface area contributed by atoms with Crippen molar-refractivity contribution in [3.8, 4) is 10.4 Å². The largest absolute Gasteiger partial charge is 0.311 e. The summed E-state index contributed by atoms with van der Waals surface area (Å²) >= 11 is 1.60. The highest BCUT2D eigenvalue weighted by Crippen LogP contribution is 2.33. The topological polar surface area (TPSA) is 61.9 Å². The lowest BCUT2D eigenvalue weighted by atomic mass is 10.1. The number of thiophene rings is 1. The van der Waals surface area contributed by atoms with Crippen molar-refractivity contribution in [2.75, 3.05) is 11.4 Å². The van der Waals surface area contributed by atoms with E-state index in [1.165, 1.54) is 5.56 Å². The van der Waals surface area contributed by atoms with Crippen molar-refractivity contribution in [2.24, 2.45) is 0 Å². The molecule has 0 radical (unpaired) electrons. The number of nitrogens with zero attached hydrogens (tertiary/aromatic N) is 3. The van der Waals surface area contributed by atoms with E-state index in [-0.39, 0.29) is 5.56 Å². The lowest BCUT2D eigenvalue weighted by molar-refractivity contribution is 0.938. The minimum absolute atomic E-state index is 0.152.